The van der Waals surface area contributed by atoms with E-state index in [4.69, 9.17) is 0 Å². The first kappa shape index (κ1) is 12.8. The Hall–Kier alpha value is -1.61. The van der Waals surface area contributed by atoms with Crippen molar-refractivity contribution in [3.8, 4) is 0 Å². The third-order valence-corrected chi connectivity index (χ3v) is 3.18. The molecule has 2 aromatic rings. The van der Waals surface area contributed by atoms with Gasteiger partial charge in [-0.25, -0.2) is 4.98 Å². The average molecular weight is 243 g/mol. The van der Waals surface area contributed by atoms with E-state index in [-0.39, 0.29) is 0 Å². The Morgan fingerprint density at radius 2 is 2.06 bits per heavy atom. The Labute approximate surface area is 109 Å². The molecular weight excluding hydrogens is 222 g/mol. The largest absolute Gasteiger partial charge is 0.337 e. The van der Waals surface area contributed by atoms with E-state index in [1.54, 1.807) is 0 Å². The molecule has 0 bridgehead atoms. The number of imidazole rings is 1. The van der Waals surface area contributed by atoms with E-state index in [9.17, 15) is 0 Å². The Bertz CT molecular complexity index is 445. The smallest absolute Gasteiger partial charge is 0.0945 e. The standard InChI is InChI=1S/C15H21N3/c1-13-4-6-15(7-5-13)14(2)17-8-3-10-18-11-9-16-12-18/h4-7,9,11-12,14,17H,3,8,10H2,1-2H3. The van der Waals surface area contributed by atoms with Crippen LogP contribution in [0.15, 0.2) is 43.0 Å². The molecule has 1 N–H and O–H groups in total. The normalized spacial score (nSPS) is 12.6. The van der Waals surface area contributed by atoms with E-state index < -0.39 is 0 Å². The monoisotopic (exact) mass is 243 g/mol. The van der Waals surface area contributed by atoms with Crippen LogP contribution in [0.2, 0.25) is 0 Å². The zero-order valence-electron chi connectivity index (χ0n) is 11.1. The Kier molecular flexibility index (Phi) is 4.53. The maximum atomic E-state index is 4.03. The van der Waals surface area contributed by atoms with Crippen LogP contribution in [0.5, 0.6) is 0 Å². The minimum Gasteiger partial charge on any atom is -0.337 e. The molecule has 1 atom stereocenters. The summed E-state index contributed by atoms with van der Waals surface area (Å²) in [5.74, 6) is 0. The molecule has 0 aliphatic rings. The number of rotatable bonds is 6. The lowest BCUT2D eigenvalue weighted by Crippen LogP contribution is -2.20. The molecule has 0 saturated heterocycles. The van der Waals surface area contributed by atoms with Gasteiger partial charge < -0.3 is 9.88 Å². The van der Waals surface area contributed by atoms with Crippen LogP contribution in [-0.2, 0) is 6.54 Å². The highest BCUT2D eigenvalue weighted by Crippen LogP contribution is 2.12. The third kappa shape index (κ3) is 3.70. The Morgan fingerprint density at radius 1 is 1.28 bits per heavy atom. The van der Waals surface area contributed by atoms with Crippen molar-refractivity contribution >= 4 is 0 Å². The summed E-state index contributed by atoms with van der Waals surface area (Å²) in [6, 6.07) is 9.14. The van der Waals surface area contributed by atoms with Crippen molar-refractivity contribution in [3.63, 3.8) is 0 Å². The average Bonchev–Trinajstić information content (AvgIpc) is 2.88. The fourth-order valence-electron chi connectivity index (χ4n) is 1.97. The second-order valence-corrected chi connectivity index (χ2v) is 4.74. The van der Waals surface area contributed by atoms with Gasteiger partial charge in [0.2, 0.25) is 0 Å². The Morgan fingerprint density at radius 3 is 2.72 bits per heavy atom. The minimum atomic E-state index is 0.411. The molecular formula is C15H21N3. The van der Waals surface area contributed by atoms with Gasteiger partial charge in [0.1, 0.15) is 0 Å². The highest BCUT2D eigenvalue weighted by Gasteiger charge is 2.03. The van der Waals surface area contributed by atoms with Gasteiger partial charge in [-0.3, -0.25) is 0 Å². The number of nitrogens with one attached hydrogen (secondary N) is 1. The number of aryl methyl sites for hydroxylation is 2. The van der Waals surface area contributed by atoms with Crippen LogP contribution in [0.3, 0.4) is 0 Å². The van der Waals surface area contributed by atoms with E-state index in [1.807, 2.05) is 18.7 Å². The van der Waals surface area contributed by atoms with Crippen LogP contribution in [0.4, 0.5) is 0 Å². The molecule has 0 aliphatic carbocycles. The van der Waals surface area contributed by atoms with Gasteiger partial charge in [-0.1, -0.05) is 29.8 Å². The molecule has 0 fully saturated rings. The van der Waals surface area contributed by atoms with E-state index in [0.717, 1.165) is 19.5 Å². The van der Waals surface area contributed by atoms with Crippen LogP contribution in [-0.4, -0.2) is 16.1 Å². The quantitative estimate of drug-likeness (QED) is 0.791. The second-order valence-electron chi connectivity index (χ2n) is 4.74. The van der Waals surface area contributed by atoms with Crippen molar-refractivity contribution in [3.05, 3.63) is 54.1 Å². The van der Waals surface area contributed by atoms with Crippen molar-refractivity contribution in [2.75, 3.05) is 6.54 Å². The molecule has 3 nitrogen and oxygen atoms in total. The van der Waals surface area contributed by atoms with Gasteiger partial charge in [-0.05, 0) is 32.4 Å². The highest BCUT2D eigenvalue weighted by molar-refractivity contribution is 5.23. The summed E-state index contributed by atoms with van der Waals surface area (Å²) in [6.45, 7) is 6.37. The maximum absolute atomic E-state index is 4.03. The highest BCUT2D eigenvalue weighted by atomic mass is 15.0. The minimum absolute atomic E-state index is 0.411. The fraction of sp³-hybridized carbons (Fsp3) is 0.400. The molecule has 1 aromatic carbocycles. The molecule has 2 rings (SSSR count). The van der Waals surface area contributed by atoms with Gasteiger partial charge in [-0.15, -0.1) is 0 Å². The van der Waals surface area contributed by atoms with E-state index in [1.165, 1.54) is 11.1 Å². The molecule has 3 heteroatoms. The number of hydrogen-bond acceptors (Lipinski definition) is 2. The molecule has 1 unspecified atom stereocenters. The molecule has 0 aliphatic heterocycles. The summed E-state index contributed by atoms with van der Waals surface area (Å²) in [5, 5.41) is 3.55. The molecule has 18 heavy (non-hydrogen) atoms. The van der Waals surface area contributed by atoms with Crippen molar-refractivity contribution < 1.29 is 0 Å². The lowest BCUT2D eigenvalue weighted by Gasteiger charge is -2.14. The fourth-order valence-corrected chi connectivity index (χ4v) is 1.97. The summed E-state index contributed by atoms with van der Waals surface area (Å²) in [6.07, 6.45) is 6.81. The predicted octanol–water partition coefficient (Wildman–Crippen LogP) is 2.93. The molecule has 1 aromatic heterocycles. The van der Waals surface area contributed by atoms with Gasteiger partial charge in [0.15, 0.2) is 0 Å². The topological polar surface area (TPSA) is 29.9 Å². The van der Waals surface area contributed by atoms with Crippen molar-refractivity contribution in [1.82, 2.24) is 14.9 Å². The van der Waals surface area contributed by atoms with E-state index in [2.05, 4.69) is 53.0 Å². The van der Waals surface area contributed by atoms with Gasteiger partial charge in [0.25, 0.3) is 0 Å². The lowest BCUT2D eigenvalue weighted by atomic mass is 10.1. The van der Waals surface area contributed by atoms with Crippen molar-refractivity contribution in [2.45, 2.75) is 32.9 Å². The molecule has 0 radical (unpaired) electrons. The third-order valence-electron chi connectivity index (χ3n) is 3.18. The molecule has 96 valence electrons. The SMILES string of the molecule is Cc1ccc(C(C)NCCCn2ccnc2)cc1. The molecule has 0 saturated carbocycles. The van der Waals surface area contributed by atoms with Crippen LogP contribution in [0.1, 0.15) is 30.5 Å². The molecule has 0 spiro atoms. The summed E-state index contributed by atoms with van der Waals surface area (Å²) in [4.78, 5) is 4.03. The first-order chi connectivity index (χ1) is 8.75. The lowest BCUT2D eigenvalue weighted by molar-refractivity contribution is 0.526. The summed E-state index contributed by atoms with van der Waals surface area (Å²) in [7, 11) is 0. The number of nitrogens with zero attached hydrogens (tertiary/aromatic N) is 2. The van der Waals surface area contributed by atoms with Crippen LogP contribution in [0.25, 0.3) is 0 Å². The van der Waals surface area contributed by atoms with E-state index >= 15 is 0 Å². The van der Waals surface area contributed by atoms with Crippen LogP contribution < -0.4 is 5.32 Å². The van der Waals surface area contributed by atoms with Crippen LogP contribution >= 0.6 is 0 Å². The first-order valence-corrected chi connectivity index (χ1v) is 6.51. The van der Waals surface area contributed by atoms with Gasteiger partial charge >= 0.3 is 0 Å². The van der Waals surface area contributed by atoms with Crippen molar-refractivity contribution in [2.24, 2.45) is 0 Å². The summed E-state index contributed by atoms with van der Waals surface area (Å²) >= 11 is 0. The van der Waals surface area contributed by atoms with Crippen molar-refractivity contribution in [1.29, 1.82) is 0 Å². The van der Waals surface area contributed by atoms with Crippen LogP contribution in [0, 0.1) is 6.92 Å². The van der Waals surface area contributed by atoms with Gasteiger partial charge in [-0.2, -0.15) is 0 Å². The number of hydrogen-bond donors (Lipinski definition) is 1. The molecule has 1 heterocycles. The summed E-state index contributed by atoms with van der Waals surface area (Å²) in [5.41, 5.74) is 2.66. The summed E-state index contributed by atoms with van der Waals surface area (Å²) < 4.78 is 2.11. The molecule has 0 amide bonds. The predicted molar refractivity (Wildman–Crippen MR) is 74.4 cm³/mol. The zero-order chi connectivity index (χ0) is 12.8. The second kappa shape index (κ2) is 6.36. The van der Waals surface area contributed by atoms with Gasteiger partial charge in [0.05, 0.1) is 6.33 Å². The van der Waals surface area contributed by atoms with E-state index in [0.29, 0.717) is 6.04 Å². The maximum Gasteiger partial charge on any atom is 0.0945 e. The zero-order valence-corrected chi connectivity index (χ0v) is 11.1. The van der Waals surface area contributed by atoms with Gasteiger partial charge in [0, 0.05) is 25.0 Å². The number of benzene rings is 1. The first-order valence-electron chi connectivity index (χ1n) is 6.51. The Balaban J connectivity index is 1.71. The number of aromatic nitrogens is 2.